The first kappa shape index (κ1) is 21.8. The number of nitrogens with one attached hydrogen (secondary N) is 2. The van der Waals surface area contributed by atoms with Gasteiger partial charge < -0.3 is 15.4 Å². The molecule has 1 aliphatic carbocycles. The van der Waals surface area contributed by atoms with E-state index in [2.05, 4.69) is 15.5 Å². The molecule has 3 rings (SSSR count). The van der Waals surface area contributed by atoms with E-state index in [1.807, 2.05) is 26.1 Å². The van der Waals surface area contributed by atoms with Crippen LogP contribution in [0, 0.1) is 0 Å². The fourth-order valence-corrected chi connectivity index (χ4v) is 3.79. The lowest BCUT2D eigenvalue weighted by atomic mass is 9.94. The first-order valence-electron chi connectivity index (χ1n) is 10.7. The largest absolute Gasteiger partial charge is 0.494 e. The van der Waals surface area contributed by atoms with Crippen LogP contribution in [-0.4, -0.2) is 43.0 Å². The fourth-order valence-electron chi connectivity index (χ4n) is 3.79. The zero-order valence-electron chi connectivity index (χ0n) is 17.8. The summed E-state index contributed by atoms with van der Waals surface area (Å²) in [4.78, 5) is 26.9. The smallest absolute Gasteiger partial charge is 0.255 e. The van der Waals surface area contributed by atoms with Gasteiger partial charge in [0.1, 0.15) is 5.75 Å². The topological polar surface area (TPSA) is 70.7 Å². The van der Waals surface area contributed by atoms with Crippen molar-refractivity contribution in [3.8, 4) is 5.75 Å². The molecule has 1 fully saturated rings. The van der Waals surface area contributed by atoms with Crippen molar-refractivity contribution in [1.29, 1.82) is 0 Å². The monoisotopic (exact) mass is 409 g/mol. The fraction of sp³-hybridized carbons (Fsp3) is 0.417. The molecule has 1 aliphatic rings. The minimum absolute atomic E-state index is 0.0327. The quantitative estimate of drug-likeness (QED) is 0.671. The molecule has 6 nitrogen and oxygen atoms in total. The molecule has 160 valence electrons. The van der Waals surface area contributed by atoms with Crippen molar-refractivity contribution < 1.29 is 14.3 Å². The molecule has 0 heterocycles. The molecule has 2 amide bonds. The molecule has 0 unspecified atom stereocenters. The van der Waals surface area contributed by atoms with E-state index in [-0.39, 0.29) is 11.8 Å². The van der Waals surface area contributed by atoms with E-state index in [0.29, 0.717) is 36.1 Å². The molecule has 0 radical (unpaired) electrons. The summed E-state index contributed by atoms with van der Waals surface area (Å²) in [5, 5.41) is 5.78. The van der Waals surface area contributed by atoms with E-state index >= 15 is 0 Å². The molecule has 6 heteroatoms. The molecule has 0 saturated heterocycles. The number of benzene rings is 2. The molecule has 0 spiro atoms. The Balaban J connectivity index is 1.49. The molecule has 0 atom stereocenters. The van der Waals surface area contributed by atoms with Crippen LogP contribution in [0.15, 0.2) is 48.5 Å². The molecule has 0 aliphatic heterocycles. The maximum Gasteiger partial charge on any atom is 0.255 e. The second-order valence-electron chi connectivity index (χ2n) is 7.74. The Morgan fingerprint density at radius 2 is 1.53 bits per heavy atom. The number of hydrogen-bond acceptors (Lipinski definition) is 4. The van der Waals surface area contributed by atoms with Gasteiger partial charge in [0.25, 0.3) is 5.91 Å². The maximum absolute atomic E-state index is 12.4. The predicted molar refractivity (Wildman–Crippen MR) is 120 cm³/mol. The van der Waals surface area contributed by atoms with E-state index in [0.717, 1.165) is 5.75 Å². The molecule has 30 heavy (non-hydrogen) atoms. The zero-order valence-corrected chi connectivity index (χ0v) is 17.8. The van der Waals surface area contributed by atoms with Crippen molar-refractivity contribution in [2.75, 3.05) is 30.8 Å². The molecule has 0 bridgehead atoms. The Bertz CT molecular complexity index is 828. The number of nitrogens with zero attached hydrogens (tertiary/aromatic N) is 1. The van der Waals surface area contributed by atoms with E-state index in [4.69, 9.17) is 4.74 Å². The minimum Gasteiger partial charge on any atom is -0.494 e. The third-order valence-corrected chi connectivity index (χ3v) is 5.45. The van der Waals surface area contributed by atoms with Gasteiger partial charge >= 0.3 is 0 Å². The van der Waals surface area contributed by atoms with Gasteiger partial charge in [0.2, 0.25) is 5.91 Å². The van der Waals surface area contributed by atoms with Crippen LogP contribution < -0.4 is 15.4 Å². The average Bonchev–Trinajstić information content (AvgIpc) is 2.76. The summed E-state index contributed by atoms with van der Waals surface area (Å²) < 4.78 is 5.40. The Hall–Kier alpha value is -2.86. The number of rotatable bonds is 8. The highest BCUT2D eigenvalue weighted by Gasteiger charge is 2.19. The van der Waals surface area contributed by atoms with Gasteiger partial charge in [-0.25, -0.2) is 0 Å². The van der Waals surface area contributed by atoms with E-state index in [9.17, 15) is 9.59 Å². The van der Waals surface area contributed by atoms with Crippen LogP contribution in [-0.2, 0) is 4.79 Å². The lowest BCUT2D eigenvalue weighted by molar-refractivity contribution is -0.117. The summed E-state index contributed by atoms with van der Waals surface area (Å²) in [5.41, 5.74) is 1.92. The van der Waals surface area contributed by atoms with Crippen LogP contribution >= 0.6 is 0 Å². The van der Waals surface area contributed by atoms with Crippen LogP contribution in [0.2, 0.25) is 0 Å². The Morgan fingerprint density at radius 1 is 0.933 bits per heavy atom. The number of anilines is 2. The Morgan fingerprint density at radius 3 is 2.17 bits per heavy atom. The first-order valence-corrected chi connectivity index (χ1v) is 10.7. The van der Waals surface area contributed by atoms with Crippen LogP contribution in [0.3, 0.4) is 0 Å². The van der Waals surface area contributed by atoms with Gasteiger partial charge in [-0.3, -0.25) is 14.5 Å². The molecule has 2 aromatic rings. The average molecular weight is 410 g/mol. The standard InChI is InChI=1S/C24H31N3O3/c1-3-30-22-15-13-20(14-16-22)26-24(29)18-9-11-19(12-10-18)25-23(28)17-27(2)21-7-5-4-6-8-21/h9-16,21H,3-8,17H2,1-2H3,(H,25,28)(H,26,29). The van der Waals surface area contributed by atoms with Gasteiger partial charge in [0.05, 0.1) is 13.2 Å². The Labute approximate surface area is 178 Å². The second kappa shape index (κ2) is 10.8. The molecule has 2 N–H and O–H groups in total. The number of likely N-dealkylation sites (N-methyl/N-ethyl adjacent to an activating group) is 1. The van der Waals surface area contributed by atoms with E-state index in [1.54, 1.807) is 36.4 Å². The number of amides is 2. The molecule has 1 saturated carbocycles. The second-order valence-corrected chi connectivity index (χ2v) is 7.74. The Kier molecular flexibility index (Phi) is 7.85. The number of carbonyl (C=O) groups is 2. The molecule has 0 aromatic heterocycles. The molecular formula is C24H31N3O3. The van der Waals surface area contributed by atoms with Crippen LogP contribution in [0.4, 0.5) is 11.4 Å². The zero-order chi connectivity index (χ0) is 21.3. The minimum atomic E-state index is -0.200. The van der Waals surface area contributed by atoms with Gasteiger partial charge in [-0.05, 0) is 75.3 Å². The highest BCUT2D eigenvalue weighted by Crippen LogP contribution is 2.21. The highest BCUT2D eigenvalue weighted by molar-refractivity contribution is 6.04. The summed E-state index contributed by atoms with van der Waals surface area (Å²) >= 11 is 0. The van der Waals surface area contributed by atoms with Crippen molar-refractivity contribution in [3.63, 3.8) is 0 Å². The van der Waals surface area contributed by atoms with Gasteiger partial charge in [-0.2, -0.15) is 0 Å². The van der Waals surface area contributed by atoms with Crippen LogP contribution in [0.25, 0.3) is 0 Å². The van der Waals surface area contributed by atoms with Crippen molar-refractivity contribution in [1.82, 2.24) is 4.90 Å². The first-order chi connectivity index (χ1) is 14.5. The summed E-state index contributed by atoms with van der Waals surface area (Å²) in [6.07, 6.45) is 6.13. The van der Waals surface area contributed by atoms with Crippen LogP contribution in [0.1, 0.15) is 49.4 Å². The number of carbonyl (C=O) groups excluding carboxylic acids is 2. The van der Waals surface area contributed by atoms with E-state index < -0.39 is 0 Å². The lowest BCUT2D eigenvalue weighted by Crippen LogP contribution is -2.39. The maximum atomic E-state index is 12.4. The van der Waals surface area contributed by atoms with Gasteiger partial charge in [-0.1, -0.05) is 19.3 Å². The lowest BCUT2D eigenvalue weighted by Gasteiger charge is -2.30. The molecular weight excluding hydrogens is 378 g/mol. The summed E-state index contributed by atoms with van der Waals surface area (Å²) in [6, 6.07) is 14.7. The molecule has 2 aromatic carbocycles. The van der Waals surface area contributed by atoms with Gasteiger partial charge in [0, 0.05) is 23.0 Å². The summed E-state index contributed by atoms with van der Waals surface area (Å²) in [7, 11) is 2.02. The highest BCUT2D eigenvalue weighted by atomic mass is 16.5. The summed E-state index contributed by atoms with van der Waals surface area (Å²) in [6.45, 7) is 2.91. The normalized spacial score (nSPS) is 14.4. The van der Waals surface area contributed by atoms with Crippen molar-refractivity contribution in [2.45, 2.75) is 45.1 Å². The van der Waals surface area contributed by atoms with Gasteiger partial charge in [0.15, 0.2) is 0 Å². The van der Waals surface area contributed by atoms with E-state index in [1.165, 1.54) is 32.1 Å². The van der Waals surface area contributed by atoms with Crippen molar-refractivity contribution >= 4 is 23.2 Å². The van der Waals surface area contributed by atoms with Crippen molar-refractivity contribution in [3.05, 3.63) is 54.1 Å². The number of hydrogen-bond donors (Lipinski definition) is 2. The van der Waals surface area contributed by atoms with Crippen molar-refractivity contribution in [2.24, 2.45) is 0 Å². The third-order valence-electron chi connectivity index (χ3n) is 5.45. The summed E-state index contributed by atoms with van der Waals surface area (Å²) in [5.74, 6) is 0.536. The van der Waals surface area contributed by atoms with Crippen LogP contribution in [0.5, 0.6) is 5.75 Å². The van der Waals surface area contributed by atoms with Gasteiger partial charge in [-0.15, -0.1) is 0 Å². The SMILES string of the molecule is CCOc1ccc(NC(=O)c2ccc(NC(=O)CN(C)C3CCCCC3)cc2)cc1. The number of ether oxygens (including phenoxy) is 1. The predicted octanol–water partition coefficient (Wildman–Crippen LogP) is 4.54. The third kappa shape index (κ3) is 6.32.